The fourth-order valence-corrected chi connectivity index (χ4v) is 3.23. The van der Waals surface area contributed by atoms with Gasteiger partial charge in [-0.1, -0.05) is 17.7 Å². The maximum absolute atomic E-state index is 12.4. The zero-order valence-corrected chi connectivity index (χ0v) is 14.5. The first-order valence-corrected chi connectivity index (χ1v) is 8.63. The van der Waals surface area contributed by atoms with Crippen LogP contribution in [-0.4, -0.2) is 22.6 Å². The van der Waals surface area contributed by atoms with Crippen LogP contribution in [-0.2, 0) is 16.6 Å². The molecular weight excluding hydrogens is 314 g/mol. The van der Waals surface area contributed by atoms with Crippen molar-refractivity contribution in [2.24, 2.45) is 0 Å². The van der Waals surface area contributed by atoms with Crippen molar-refractivity contribution in [3.63, 3.8) is 0 Å². The van der Waals surface area contributed by atoms with Gasteiger partial charge in [-0.2, -0.15) is 0 Å². The van der Waals surface area contributed by atoms with Crippen LogP contribution < -0.4 is 14.2 Å². The molecule has 2 aromatic rings. The molecule has 0 unspecified atom stereocenters. The van der Waals surface area contributed by atoms with Gasteiger partial charge in [0.1, 0.15) is 11.5 Å². The molecule has 0 radical (unpaired) electrons. The maximum atomic E-state index is 12.4. The molecule has 0 aliphatic heterocycles. The molecule has 124 valence electrons. The number of hydrogen-bond acceptors (Lipinski definition) is 4. The van der Waals surface area contributed by atoms with Crippen LogP contribution in [0.2, 0.25) is 0 Å². The molecule has 23 heavy (non-hydrogen) atoms. The standard InChI is InChI=1S/C17H21NO4S/c1-12-5-7-15(8-6-12)23(19,20)18-11-14-10-16(21-3)13(2)9-17(14)22-4/h5-10,18H,11H2,1-4H3. The molecule has 1 N–H and O–H groups in total. The second-order valence-corrected chi connectivity index (χ2v) is 7.04. The van der Waals surface area contributed by atoms with E-state index in [4.69, 9.17) is 9.47 Å². The van der Waals surface area contributed by atoms with E-state index < -0.39 is 10.0 Å². The van der Waals surface area contributed by atoms with Crippen LogP contribution in [0.1, 0.15) is 16.7 Å². The minimum atomic E-state index is -3.58. The molecule has 0 aliphatic carbocycles. The first-order chi connectivity index (χ1) is 10.9. The van der Waals surface area contributed by atoms with E-state index in [0.29, 0.717) is 17.1 Å². The molecule has 5 nitrogen and oxygen atoms in total. The molecule has 0 aliphatic rings. The Morgan fingerprint density at radius 1 is 0.957 bits per heavy atom. The lowest BCUT2D eigenvalue weighted by molar-refractivity contribution is 0.396. The van der Waals surface area contributed by atoms with E-state index in [2.05, 4.69) is 4.72 Å². The van der Waals surface area contributed by atoms with Gasteiger partial charge >= 0.3 is 0 Å². The monoisotopic (exact) mass is 335 g/mol. The van der Waals surface area contributed by atoms with E-state index in [1.807, 2.05) is 19.9 Å². The van der Waals surface area contributed by atoms with Gasteiger partial charge in [-0.3, -0.25) is 0 Å². The Kier molecular flexibility index (Phi) is 5.28. The van der Waals surface area contributed by atoms with Crippen LogP contribution in [0, 0.1) is 13.8 Å². The van der Waals surface area contributed by atoms with Crippen molar-refractivity contribution in [2.75, 3.05) is 14.2 Å². The third kappa shape index (κ3) is 4.03. The van der Waals surface area contributed by atoms with Gasteiger partial charge in [-0.05, 0) is 43.7 Å². The number of sulfonamides is 1. The summed E-state index contributed by atoms with van der Waals surface area (Å²) in [6.45, 7) is 3.94. The van der Waals surface area contributed by atoms with Gasteiger partial charge in [0.05, 0.1) is 19.1 Å². The molecule has 0 saturated carbocycles. The Hall–Kier alpha value is -2.05. The van der Waals surface area contributed by atoms with E-state index in [0.717, 1.165) is 11.1 Å². The minimum absolute atomic E-state index is 0.121. The van der Waals surface area contributed by atoms with Gasteiger partial charge in [0, 0.05) is 12.1 Å². The van der Waals surface area contributed by atoms with Crippen LogP contribution in [0.5, 0.6) is 11.5 Å². The molecule has 2 aromatic carbocycles. The SMILES string of the molecule is COc1cc(CNS(=O)(=O)c2ccc(C)cc2)c(OC)cc1C. The van der Waals surface area contributed by atoms with Gasteiger partial charge in [-0.15, -0.1) is 0 Å². The minimum Gasteiger partial charge on any atom is -0.496 e. The summed E-state index contributed by atoms with van der Waals surface area (Å²) in [4.78, 5) is 0.237. The predicted octanol–water partition coefficient (Wildman–Crippen LogP) is 2.80. The molecule has 0 spiro atoms. The fourth-order valence-electron chi connectivity index (χ4n) is 2.23. The summed E-state index contributed by atoms with van der Waals surface area (Å²) >= 11 is 0. The summed E-state index contributed by atoms with van der Waals surface area (Å²) in [6, 6.07) is 10.3. The molecule has 0 atom stereocenters. The smallest absolute Gasteiger partial charge is 0.240 e. The van der Waals surface area contributed by atoms with Gasteiger partial charge < -0.3 is 9.47 Å². The Morgan fingerprint density at radius 3 is 2.13 bits per heavy atom. The quantitative estimate of drug-likeness (QED) is 0.882. The summed E-state index contributed by atoms with van der Waals surface area (Å²) in [7, 11) is -0.443. The van der Waals surface area contributed by atoms with Crippen molar-refractivity contribution < 1.29 is 17.9 Å². The lowest BCUT2D eigenvalue weighted by atomic mass is 10.1. The van der Waals surface area contributed by atoms with Crippen molar-refractivity contribution in [2.45, 2.75) is 25.3 Å². The Labute approximate surface area is 137 Å². The van der Waals surface area contributed by atoms with Crippen molar-refractivity contribution in [3.05, 3.63) is 53.1 Å². The van der Waals surface area contributed by atoms with Crippen LogP contribution in [0.15, 0.2) is 41.3 Å². The van der Waals surface area contributed by atoms with E-state index in [-0.39, 0.29) is 11.4 Å². The third-order valence-electron chi connectivity index (χ3n) is 3.58. The highest BCUT2D eigenvalue weighted by atomic mass is 32.2. The zero-order valence-electron chi connectivity index (χ0n) is 13.7. The number of benzene rings is 2. The Balaban J connectivity index is 2.24. The summed E-state index contributed by atoms with van der Waals surface area (Å²) in [5, 5.41) is 0. The highest BCUT2D eigenvalue weighted by Gasteiger charge is 2.16. The summed E-state index contributed by atoms with van der Waals surface area (Å²) in [5.74, 6) is 1.31. The lowest BCUT2D eigenvalue weighted by Crippen LogP contribution is -2.23. The molecule has 2 rings (SSSR count). The first-order valence-electron chi connectivity index (χ1n) is 7.15. The van der Waals surface area contributed by atoms with Crippen LogP contribution in [0.4, 0.5) is 0 Å². The highest BCUT2D eigenvalue weighted by molar-refractivity contribution is 7.89. The van der Waals surface area contributed by atoms with Gasteiger partial charge in [0.25, 0.3) is 0 Å². The normalized spacial score (nSPS) is 11.3. The first kappa shape index (κ1) is 17.3. The number of methoxy groups -OCH3 is 2. The van der Waals surface area contributed by atoms with Crippen LogP contribution in [0.3, 0.4) is 0 Å². The second kappa shape index (κ2) is 7.02. The highest BCUT2D eigenvalue weighted by Crippen LogP contribution is 2.28. The Bertz CT molecular complexity index is 783. The Morgan fingerprint density at radius 2 is 1.57 bits per heavy atom. The molecule has 0 amide bonds. The molecule has 0 fully saturated rings. The number of nitrogens with one attached hydrogen (secondary N) is 1. The summed E-state index contributed by atoms with van der Waals surface area (Å²) in [5.41, 5.74) is 2.65. The molecule has 0 bridgehead atoms. The number of hydrogen-bond donors (Lipinski definition) is 1. The van der Waals surface area contributed by atoms with Crippen molar-refractivity contribution in [1.29, 1.82) is 0 Å². The van der Waals surface area contributed by atoms with Gasteiger partial charge in [0.2, 0.25) is 10.0 Å². The summed E-state index contributed by atoms with van der Waals surface area (Å²) in [6.07, 6.45) is 0. The van der Waals surface area contributed by atoms with Crippen LogP contribution in [0.25, 0.3) is 0 Å². The lowest BCUT2D eigenvalue weighted by Gasteiger charge is -2.14. The largest absolute Gasteiger partial charge is 0.496 e. The molecule has 0 saturated heterocycles. The average Bonchev–Trinajstić information content (AvgIpc) is 2.53. The van der Waals surface area contributed by atoms with E-state index in [1.165, 1.54) is 0 Å². The third-order valence-corrected chi connectivity index (χ3v) is 5.00. The number of ether oxygens (including phenoxy) is 2. The summed E-state index contributed by atoms with van der Waals surface area (Å²) < 4.78 is 37.9. The van der Waals surface area contributed by atoms with Gasteiger partial charge in [-0.25, -0.2) is 13.1 Å². The zero-order chi connectivity index (χ0) is 17.0. The van der Waals surface area contributed by atoms with Crippen molar-refractivity contribution >= 4 is 10.0 Å². The van der Waals surface area contributed by atoms with Gasteiger partial charge in [0.15, 0.2) is 0 Å². The van der Waals surface area contributed by atoms with E-state index in [9.17, 15) is 8.42 Å². The number of aryl methyl sites for hydroxylation is 2. The molecule has 6 heteroatoms. The van der Waals surface area contributed by atoms with Crippen molar-refractivity contribution in [3.8, 4) is 11.5 Å². The second-order valence-electron chi connectivity index (χ2n) is 5.27. The average molecular weight is 335 g/mol. The fraction of sp³-hybridized carbons (Fsp3) is 0.294. The topological polar surface area (TPSA) is 64.6 Å². The van der Waals surface area contributed by atoms with Crippen LogP contribution >= 0.6 is 0 Å². The molecule has 0 heterocycles. The number of rotatable bonds is 6. The van der Waals surface area contributed by atoms with E-state index >= 15 is 0 Å². The maximum Gasteiger partial charge on any atom is 0.240 e. The predicted molar refractivity (Wildman–Crippen MR) is 89.5 cm³/mol. The van der Waals surface area contributed by atoms with E-state index in [1.54, 1.807) is 44.6 Å². The molecule has 0 aromatic heterocycles. The molecular formula is C17H21NO4S. The van der Waals surface area contributed by atoms with Crippen molar-refractivity contribution in [1.82, 2.24) is 4.72 Å².